The fraction of sp³-hybridized carbons (Fsp3) is 0.500. The van der Waals surface area contributed by atoms with Crippen molar-refractivity contribution in [2.45, 2.75) is 5.92 Å². The van der Waals surface area contributed by atoms with E-state index in [2.05, 4.69) is 10.2 Å². The van der Waals surface area contributed by atoms with Gasteiger partial charge >= 0.3 is 0 Å². The minimum absolute atomic E-state index is 0.0727. The molecule has 0 N–H and O–H groups in total. The predicted octanol–water partition coefficient (Wildman–Crippen LogP) is 0.464. The van der Waals surface area contributed by atoms with Crippen molar-refractivity contribution in [1.29, 1.82) is 0 Å². The van der Waals surface area contributed by atoms with Crippen LogP contribution >= 0.6 is 0 Å². The smallest absolute Gasteiger partial charge is 0.254 e. The molecule has 1 atom stereocenters. The molecule has 0 radical (unpaired) electrons. The van der Waals surface area contributed by atoms with Gasteiger partial charge < -0.3 is 14.2 Å². The zero-order valence-corrected chi connectivity index (χ0v) is 17.2. The molecular weight excluding hydrogens is 401 g/mol. The molecule has 1 spiro atoms. The molecule has 2 aliphatic rings. The third kappa shape index (κ3) is 3.27. The van der Waals surface area contributed by atoms with E-state index < -0.39 is 21.3 Å². The largest absolute Gasteiger partial charge is 0.494 e. The van der Waals surface area contributed by atoms with Crippen molar-refractivity contribution in [2.75, 3.05) is 39.5 Å². The van der Waals surface area contributed by atoms with E-state index in [0.29, 0.717) is 32.0 Å². The summed E-state index contributed by atoms with van der Waals surface area (Å²) in [6.45, 7) is 1.33. The minimum Gasteiger partial charge on any atom is -0.494 e. The van der Waals surface area contributed by atoms with E-state index in [1.807, 2.05) is 7.05 Å². The Bertz CT molecular complexity index is 1060. The normalized spacial score (nSPS) is 21.4. The van der Waals surface area contributed by atoms with Crippen molar-refractivity contribution >= 4 is 15.9 Å². The lowest BCUT2D eigenvalue weighted by Gasteiger charge is -2.50. The lowest BCUT2D eigenvalue weighted by atomic mass is 9.71. The van der Waals surface area contributed by atoms with E-state index in [4.69, 9.17) is 4.74 Å². The van der Waals surface area contributed by atoms with Crippen LogP contribution in [0, 0.1) is 11.2 Å². The number of aromatic nitrogens is 3. The number of likely N-dealkylation sites (tertiary alicyclic amines) is 1. The number of aryl methyl sites for hydroxylation is 1. The first-order valence-electron chi connectivity index (χ1n) is 9.06. The molecule has 0 saturated carbocycles. The minimum atomic E-state index is -3.38. The highest BCUT2D eigenvalue weighted by Crippen LogP contribution is 2.49. The van der Waals surface area contributed by atoms with Crippen LogP contribution in [-0.4, -0.2) is 77.8 Å². The van der Waals surface area contributed by atoms with E-state index in [0.717, 1.165) is 6.07 Å². The molecule has 0 aliphatic carbocycles. The SMILES string of the molecule is COc1ccc(C(=O)N2CC3(C2)CN(S(C)(=O)=O)CC3c2nncn2C)cc1F. The van der Waals surface area contributed by atoms with Crippen molar-refractivity contribution < 1.29 is 22.3 Å². The van der Waals surface area contributed by atoms with E-state index in [9.17, 15) is 17.6 Å². The molecule has 1 aromatic carbocycles. The molecule has 0 bridgehead atoms. The van der Waals surface area contributed by atoms with Gasteiger partial charge in [0.1, 0.15) is 12.2 Å². The molecule has 1 aromatic heterocycles. The molecule has 11 heteroatoms. The van der Waals surface area contributed by atoms with E-state index in [1.54, 1.807) is 15.8 Å². The maximum absolute atomic E-state index is 14.0. The van der Waals surface area contributed by atoms with Gasteiger partial charge in [0.25, 0.3) is 5.91 Å². The van der Waals surface area contributed by atoms with Crippen LogP contribution in [-0.2, 0) is 17.1 Å². The fourth-order valence-electron chi connectivity index (χ4n) is 4.30. The van der Waals surface area contributed by atoms with Crippen LogP contribution in [0.1, 0.15) is 22.1 Å². The number of rotatable bonds is 4. The van der Waals surface area contributed by atoms with Crippen molar-refractivity contribution in [3.8, 4) is 5.75 Å². The van der Waals surface area contributed by atoms with Crippen molar-refractivity contribution in [3.05, 3.63) is 41.7 Å². The van der Waals surface area contributed by atoms with E-state index in [1.165, 1.54) is 29.8 Å². The topological polar surface area (TPSA) is 97.6 Å². The number of sulfonamides is 1. The summed E-state index contributed by atoms with van der Waals surface area (Å²) in [6, 6.07) is 4.10. The Morgan fingerprint density at radius 3 is 2.59 bits per heavy atom. The Morgan fingerprint density at radius 1 is 1.31 bits per heavy atom. The van der Waals surface area contributed by atoms with Crippen LogP contribution < -0.4 is 4.74 Å². The zero-order valence-electron chi connectivity index (χ0n) is 16.4. The number of ether oxygens (including phenoxy) is 1. The Morgan fingerprint density at radius 2 is 2.03 bits per heavy atom. The van der Waals surface area contributed by atoms with Gasteiger partial charge in [0.2, 0.25) is 10.0 Å². The molecule has 2 aromatic rings. The molecule has 4 rings (SSSR count). The summed E-state index contributed by atoms with van der Waals surface area (Å²) in [5.41, 5.74) is -0.212. The van der Waals surface area contributed by atoms with Crippen LogP contribution in [0.2, 0.25) is 0 Å². The lowest BCUT2D eigenvalue weighted by molar-refractivity contribution is 0.00411. The lowest BCUT2D eigenvalue weighted by Crippen LogP contribution is -2.61. The number of carbonyl (C=O) groups excluding carboxylic acids is 1. The van der Waals surface area contributed by atoms with Gasteiger partial charge in [0.05, 0.1) is 13.4 Å². The molecule has 29 heavy (non-hydrogen) atoms. The number of hydrogen-bond donors (Lipinski definition) is 0. The second-order valence-electron chi connectivity index (χ2n) is 7.78. The second-order valence-corrected chi connectivity index (χ2v) is 9.76. The highest BCUT2D eigenvalue weighted by Gasteiger charge is 2.58. The average molecular weight is 423 g/mol. The summed E-state index contributed by atoms with van der Waals surface area (Å²) in [5, 5.41) is 8.09. The number of hydrogen-bond acceptors (Lipinski definition) is 6. The highest BCUT2D eigenvalue weighted by atomic mass is 32.2. The van der Waals surface area contributed by atoms with Gasteiger partial charge in [-0.25, -0.2) is 17.1 Å². The Hall–Kier alpha value is -2.53. The van der Waals surface area contributed by atoms with Gasteiger partial charge in [-0.05, 0) is 18.2 Å². The highest BCUT2D eigenvalue weighted by molar-refractivity contribution is 7.88. The molecular formula is C18H22FN5O4S. The van der Waals surface area contributed by atoms with Crippen molar-refractivity contribution in [2.24, 2.45) is 12.5 Å². The standard InChI is InChI=1S/C18H22FN5O4S/c1-22-11-20-21-16(22)13-7-24(29(3,26)27)10-18(13)8-23(9-18)17(25)12-4-5-15(28-2)14(19)6-12/h4-6,11,13H,7-10H2,1-3H3. The summed E-state index contributed by atoms with van der Waals surface area (Å²) < 4.78 is 46.4. The molecule has 156 valence electrons. The Labute approximate surface area is 168 Å². The summed E-state index contributed by atoms with van der Waals surface area (Å²) in [5.74, 6) is -0.315. The van der Waals surface area contributed by atoms with Crippen molar-refractivity contribution in [1.82, 2.24) is 24.0 Å². The fourth-order valence-corrected chi connectivity index (χ4v) is 5.21. The van der Waals surface area contributed by atoms with Gasteiger partial charge in [0.15, 0.2) is 11.6 Å². The predicted molar refractivity (Wildman–Crippen MR) is 101 cm³/mol. The summed E-state index contributed by atoms with van der Waals surface area (Å²) in [6.07, 6.45) is 2.76. The third-order valence-electron chi connectivity index (χ3n) is 5.84. The van der Waals surface area contributed by atoms with Crippen LogP contribution in [0.3, 0.4) is 0 Å². The average Bonchev–Trinajstić information content (AvgIpc) is 3.22. The summed E-state index contributed by atoms with van der Waals surface area (Å²) >= 11 is 0. The van der Waals surface area contributed by atoms with Gasteiger partial charge in [0, 0.05) is 50.1 Å². The molecule has 2 aliphatic heterocycles. The number of nitrogens with zero attached hydrogens (tertiary/aromatic N) is 5. The maximum Gasteiger partial charge on any atom is 0.254 e. The van der Waals surface area contributed by atoms with Crippen LogP contribution in [0.15, 0.2) is 24.5 Å². The van der Waals surface area contributed by atoms with Crippen molar-refractivity contribution in [3.63, 3.8) is 0 Å². The Balaban J connectivity index is 1.58. The van der Waals surface area contributed by atoms with E-state index >= 15 is 0 Å². The number of carbonyl (C=O) groups is 1. The van der Waals surface area contributed by atoms with Gasteiger partial charge in [-0.3, -0.25) is 4.79 Å². The molecule has 2 saturated heterocycles. The quantitative estimate of drug-likeness (QED) is 0.709. The first kappa shape index (κ1) is 19.8. The number of methoxy groups -OCH3 is 1. The zero-order chi connectivity index (χ0) is 21.0. The molecule has 2 fully saturated rings. The summed E-state index contributed by atoms with van der Waals surface area (Å²) in [7, 11) is -0.207. The van der Waals surface area contributed by atoms with Gasteiger partial charge in [-0.1, -0.05) is 0 Å². The molecule has 9 nitrogen and oxygen atoms in total. The molecule has 3 heterocycles. The van der Waals surface area contributed by atoms with Gasteiger partial charge in [-0.15, -0.1) is 10.2 Å². The number of benzene rings is 1. The first-order valence-corrected chi connectivity index (χ1v) is 10.9. The van der Waals surface area contributed by atoms with Crippen LogP contribution in [0.25, 0.3) is 0 Å². The maximum atomic E-state index is 14.0. The molecule has 1 unspecified atom stereocenters. The second kappa shape index (κ2) is 6.77. The van der Waals surface area contributed by atoms with Gasteiger partial charge in [-0.2, -0.15) is 0 Å². The van der Waals surface area contributed by atoms with Crippen LogP contribution in [0.4, 0.5) is 4.39 Å². The third-order valence-corrected chi connectivity index (χ3v) is 7.06. The number of halogens is 1. The first-order chi connectivity index (χ1) is 13.6. The number of amides is 1. The molecule has 1 amide bonds. The monoisotopic (exact) mass is 423 g/mol. The van der Waals surface area contributed by atoms with Crippen LogP contribution in [0.5, 0.6) is 5.75 Å². The Kier molecular flexibility index (Phi) is 4.61. The summed E-state index contributed by atoms with van der Waals surface area (Å²) in [4.78, 5) is 14.4. The van der Waals surface area contributed by atoms with E-state index in [-0.39, 0.29) is 23.1 Å².